The van der Waals surface area contributed by atoms with Gasteiger partial charge in [-0.1, -0.05) is 134 Å². The summed E-state index contributed by atoms with van der Waals surface area (Å²) in [6.45, 7) is 12.1. The van der Waals surface area contributed by atoms with Gasteiger partial charge < -0.3 is 51.8 Å². The smallest absolute Gasteiger partial charge is 0.338 e. The molecule has 10 atom stereocenters. The highest BCUT2D eigenvalue weighted by molar-refractivity contribution is 6.99. The van der Waals surface area contributed by atoms with E-state index in [1.807, 2.05) is 88.4 Å². The Kier molecular flexibility index (Phi) is 19.0. The van der Waals surface area contributed by atoms with Gasteiger partial charge in [-0.05, 0) is 34.5 Å². The maximum absolute atomic E-state index is 14.4. The molecule has 380 valence electrons. The molecule has 0 radical (unpaired) electrons. The zero-order valence-corrected chi connectivity index (χ0v) is 43.1. The number of halogens is 3. The predicted molar refractivity (Wildman–Crippen MR) is 254 cm³/mol. The molecule has 0 amide bonds. The summed E-state index contributed by atoms with van der Waals surface area (Å²) in [5.41, 5.74) is 0.897. The first kappa shape index (κ1) is 55.8. The summed E-state index contributed by atoms with van der Waals surface area (Å²) < 4.78 is 64.6. The van der Waals surface area contributed by atoms with Gasteiger partial charge in [0, 0.05) is 34.6 Å². The Balaban J connectivity index is 1.77. The summed E-state index contributed by atoms with van der Waals surface area (Å²) in [5, 5.41) is 9.71. The van der Waals surface area contributed by atoms with E-state index in [1.165, 1.54) is 12.1 Å². The average molecular weight is 1050 g/mol. The van der Waals surface area contributed by atoms with Crippen LogP contribution in [0.25, 0.3) is 0 Å². The van der Waals surface area contributed by atoms with Gasteiger partial charge in [0.1, 0.15) is 24.9 Å². The van der Waals surface area contributed by atoms with Crippen LogP contribution in [0.2, 0.25) is 5.04 Å². The van der Waals surface area contributed by atoms with Crippen LogP contribution in [-0.4, -0.2) is 128 Å². The maximum Gasteiger partial charge on any atom is 0.338 e. The molecule has 3 aromatic carbocycles. The number of nitrogens with one attached hydrogen (secondary N) is 1. The molecule has 2 aliphatic rings. The van der Waals surface area contributed by atoms with Crippen molar-refractivity contribution in [3.63, 3.8) is 0 Å². The van der Waals surface area contributed by atoms with Gasteiger partial charge in [-0.15, -0.1) is 0 Å². The third-order valence-corrected chi connectivity index (χ3v) is 16.6. The van der Waals surface area contributed by atoms with Crippen LogP contribution in [0.5, 0.6) is 0 Å². The molecule has 0 bridgehead atoms. The first-order valence-corrected chi connectivity index (χ1v) is 25.0. The van der Waals surface area contributed by atoms with Crippen LogP contribution in [0.3, 0.4) is 0 Å². The number of aryl methyl sites for hydroxylation is 1. The Morgan fingerprint density at radius 1 is 0.557 bits per heavy atom. The summed E-state index contributed by atoms with van der Waals surface area (Å²) >= 11 is 18.4. The summed E-state index contributed by atoms with van der Waals surface area (Å²) in [6.07, 6.45) is -17.5. The molecule has 0 aromatic heterocycles. The van der Waals surface area contributed by atoms with E-state index in [9.17, 15) is 28.8 Å². The molecule has 2 fully saturated rings. The van der Waals surface area contributed by atoms with E-state index < -0.39 is 133 Å². The second-order valence-corrected chi connectivity index (χ2v) is 24.0. The van der Waals surface area contributed by atoms with Crippen molar-refractivity contribution in [2.75, 3.05) is 13.2 Å². The minimum absolute atomic E-state index is 0.0729. The monoisotopic (exact) mass is 1050 g/mol. The summed E-state index contributed by atoms with van der Waals surface area (Å²) in [5.74, 6) is -6.44. The van der Waals surface area contributed by atoms with Crippen molar-refractivity contribution in [1.82, 2.24) is 0 Å². The topological polar surface area (TPSA) is 228 Å². The van der Waals surface area contributed by atoms with E-state index in [0.29, 0.717) is 0 Å². The van der Waals surface area contributed by atoms with Gasteiger partial charge in [0.2, 0.25) is 12.2 Å². The maximum atomic E-state index is 14.4. The average Bonchev–Trinajstić information content (AvgIpc) is 3.26. The lowest BCUT2D eigenvalue weighted by Gasteiger charge is -2.49. The van der Waals surface area contributed by atoms with Crippen molar-refractivity contribution in [3.8, 4) is 0 Å². The Hall–Kier alpha value is -5.12. The highest BCUT2D eigenvalue weighted by atomic mass is 35.6. The quantitative estimate of drug-likeness (QED) is 0.0461. The first-order chi connectivity index (χ1) is 32.8. The second-order valence-electron chi connectivity index (χ2n) is 17.4. The minimum atomic E-state index is -3.47. The fraction of sp³-hybridized carbons (Fsp3) is 0.479. The van der Waals surface area contributed by atoms with Gasteiger partial charge in [-0.25, -0.2) is 4.79 Å². The van der Waals surface area contributed by atoms with E-state index in [2.05, 4.69) is 0 Å². The molecular formula is C48H56Cl3NO17Si. The standard InChI is InChI=1S/C48H56Cl3NO17Si/c1-26-20-22-32(23-21-26)43(58)67-38-36(25-60-70(47(7,8)9,33-16-12-10-13-17-33)34-18-14-11-15-19-34)66-45(69-46(52)48(49,50)51)42(64-31(6)57)40(38)68-44-41(63-30(5)56)39(62-29(4)55)37(61-28(3)54)35(65-44)24-59-27(2)53/h10-23,35-42,44-45,52H,24-25H2,1-9H3/t35-,36-,37+,38+,39+,40+,41-,42-,44+,45+/m1/s1. The van der Waals surface area contributed by atoms with Crippen molar-refractivity contribution in [2.24, 2.45) is 0 Å². The van der Waals surface area contributed by atoms with E-state index in [0.717, 1.165) is 50.6 Å². The van der Waals surface area contributed by atoms with Crippen LogP contribution in [-0.2, 0) is 75.8 Å². The van der Waals surface area contributed by atoms with Crippen LogP contribution in [0.4, 0.5) is 0 Å². The molecule has 0 saturated carbocycles. The van der Waals surface area contributed by atoms with Crippen molar-refractivity contribution >= 4 is 95.2 Å². The van der Waals surface area contributed by atoms with Gasteiger partial charge in [-0.3, -0.25) is 29.4 Å². The van der Waals surface area contributed by atoms with Crippen molar-refractivity contribution < 1.29 is 80.6 Å². The van der Waals surface area contributed by atoms with Crippen LogP contribution < -0.4 is 10.4 Å². The predicted octanol–water partition coefficient (Wildman–Crippen LogP) is 5.59. The van der Waals surface area contributed by atoms with Crippen molar-refractivity contribution in [3.05, 3.63) is 96.1 Å². The van der Waals surface area contributed by atoms with Crippen LogP contribution in [0, 0.1) is 12.3 Å². The first-order valence-electron chi connectivity index (χ1n) is 22.0. The van der Waals surface area contributed by atoms with Crippen LogP contribution in [0.15, 0.2) is 84.9 Å². The number of benzene rings is 3. The van der Waals surface area contributed by atoms with Crippen LogP contribution >= 0.6 is 34.8 Å². The Morgan fingerprint density at radius 3 is 1.47 bits per heavy atom. The van der Waals surface area contributed by atoms with Gasteiger partial charge in [-0.2, -0.15) is 0 Å². The summed E-state index contributed by atoms with van der Waals surface area (Å²) in [6, 6.07) is 25.4. The van der Waals surface area contributed by atoms with E-state index in [-0.39, 0.29) is 5.56 Å². The van der Waals surface area contributed by atoms with Gasteiger partial charge in [0.25, 0.3) is 12.1 Å². The number of ether oxygens (including phenoxy) is 10. The summed E-state index contributed by atoms with van der Waals surface area (Å²) in [4.78, 5) is 78.0. The van der Waals surface area contributed by atoms with Crippen LogP contribution in [0.1, 0.15) is 71.3 Å². The fourth-order valence-electron chi connectivity index (χ4n) is 8.21. The minimum Gasteiger partial charge on any atom is -0.463 e. The van der Waals surface area contributed by atoms with Crippen molar-refractivity contribution in [2.45, 2.75) is 133 Å². The highest BCUT2D eigenvalue weighted by Crippen LogP contribution is 2.40. The molecule has 5 rings (SSSR count). The fourth-order valence-corrected chi connectivity index (χ4v) is 12.9. The van der Waals surface area contributed by atoms with E-state index in [4.69, 9.17) is 92.0 Å². The molecular weight excluding hydrogens is 997 g/mol. The third-order valence-electron chi connectivity index (χ3n) is 11.0. The molecule has 70 heavy (non-hydrogen) atoms. The normalized spacial score (nSPS) is 24.8. The second kappa shape index (κ2) is 23.9. The molecule has 2 saturated heterocycles. The van der Waals surface area contributed by atoms with Gasteiger partial charge in [0.05, 0.1) is 12.2 Å². The molecule has 22 heteroatoms. The molecule has 0 unspecified atom stereocenters. The molecule has 0 aliphatic carbocycles. The van der Waals surface area contributed by atoms with Crippen molar-refractivity contribution in [1.29, 1.82) is 5.41 Å². The largest absolute Gasteiger partial charge is 0.463 e. The number of rotatable bonds is 16. The Bertz CT molecular complexity index is 2290. The third kappa shape index (κ3) is 14.1. The number of carbonyl (C=O) groups excluding carboxylic acids is 6. The SMILES string of the molecule is CC(=O)OC[C@H]1O[C@@H](O[C@H]2[C@@H](OC(=O)c3ccc(C)cc3)[C@@H](CO[Si](c3ccccc3)(c3ccccc3)C(C)(C)C)O[C@@H](OC(=N)C(Cl)(Cl)Cl)[C@@H]2OC(C)=O)[C@H](OC(C)=O)[C@@H](OC(C)=O)[C@H]1OC(C)=O. The molecule has 18 nitrogen and oxygen atoms in total. The number of hydrogen-bond acceptors (Lipinski definition) is 18. The van der Waals surface area contributed by atoms with E-state index >= 15 is 0 Å². The Morgan fingerprint density at radius 2 is 1.00 bits per heavy atom. The number of carbonyl (C=O) groups is 6. The molecule has 3 aromatic rings. The number of hydrogen-bond donors (Lipinski definition) is 1. The molecule has 2 heterocycles. The lowest BCUT2D eigenvalue weighted by atomic mass is 9.96. The lowest BCUT2D eigenvalue weighted by molar-refractivity contribution is -0.355. The number of alkyl halides is 3. The van der Waals surface area contributed by atoms with Gasteiger partial charge >= 0.3 is 35.8 Å². The summed E-state index contributed by atoms with van der Waals surface area (Å²) in [7, 11) is -3.47. The molecule has 2 aliphatic heterocycles. The highest BCUT2D eigenvalue weighted by Gasteiger charge is 2.59. The van der Waals surface area contributed by atoms with Gasteiger partial charge in [0.15, 0.2) is 36.8 Å². The number of esters is 6. The zero-order chi connectivity index (χ0) is 51.7. The molecule has 1 N–H and O–H groups in total. The zero-order valence-electron chi connectivity index (χ0n) is 39.8. The Labute approximate surface area is 421 Å². The van der Waals surface area contributed by atoms with E-state index in [1.54, 1.807) is 12.1 Å². The lowest BCUT2D eigenvalue weighted by Crippen LogP contribution is -2.70. The molecule has 0 spiro atoms.